The number of para-hydroxylation sites is 1. The highest BCUT2D eigenvalue weighted by atomic mass is 16.5. The Morgan fingerprint density at radius 2 is 1.56 bits per heavy atom. The Labute approximate surface area is 185 Å². The first kappa shape index (κ1) is 20.9. The molecule has 0 saturated heterocycles. The van der Waals surface area contributed by atoms with Gasteiger partial charge in [0.1, 0.15) is 11.4 Å². The molecule has 1 heterocycles. The smallest absolute Gasteiger partial charge is 0.259 e. The van der Waals surface area contributed by atoms with Crippen LogP contribution in [0.5, 0.6) is 5.75 Å². The Hall–Kier alpha value is -4.39. The van der Waals surface area contributed by atoms with E-state index in [4.69, 9.17) is 4.74 Å². The summed E-state index contributed by atoms with van der Waals surface area (Å²) in [5.74, 6) is 0.234. The molecule has 0 aliphatic rings. The lowest BCUT2D eigenvalue weighted by molar-refractivity contribution is 0.0962. The van der Waals surface area contributed by atoms with Gasteiger partial charge in [-0.25, -0.2) is 4.68 Å². The van der Waals surface area contributed by atoms with E-state index in [2.05, 4.69) is 15.7 Å². The van der Waals surface area contributed by atoms with E-state index < -0.39 is 0 Å². The molecule has 0 spiro atoms. The third-order valence-electron chi connectivity index (χ3n) is 4.98. The molecule has 0 unspecified atom stereocenters. The van der Waals surface area contributed by atoms with Gasteiger partial charge in [0.2, 0.25) is 0 Å². The van der Waals surface area contributed by atoms with Crippen LogP contribution in [0.2, 0.25) is 0 Å². The Morgan fingerprint density at radius 3 is 2.19 bits per heavy atom. The summed E-state index contributed by atoms with van der Waals surface area (Å²) in [5, 5.41) is 10.1. The molecule has 0 atom stereocenters. The van der Waals surface area contributed by atoms with Crippen molar-refractivity contribution in [1.29, 1.82) is 0 Å². The zero-order valence-electron chi connectivity index (χ0n) is 17.7. The Balaban J connectivity index is 1.68. The lowest BCUT2D eigenvalue weighted by Crippen LogP contribution is -2.18. The third kappa shape index (κ3) is 4.37. The molecule has 1 aromatic heterocycles. The minimum atomic E-state index is -0.300. The van der Waals surface area contributed by atoms with Gasteiger partial charge in [-0.05, 0) is 60.7 Å². The zero-order valence-corrected chi connectivity index (χ0v) is 17.7. The molecule has 0 radical (unpaired) electrons. The maximum absolute atomic E-state index is 13.2. The lowest BCUT2D eigenvalue weighted by Gasteiger charge is -2.07. The van der Waals surface area contributed by atoms with Crippen LogP contribution >= 0.6 is 0 Å². The van der Waals surface area contributed by atoms with E-state index >= 15 is 0 Å². The molecule has 0 aliphatic heterocycles. The van der Waals surface area contributed by atoms with E-state index in [1.54, 1.807) is 49.3 Å². The van der Waals surface area contributed by atoms with Crippen LogP contribution in [-0.4, -0.2) is 35.8 Å². The van der Waals surface area contributed by atoms with Gasteiger partial charge in [-0.2, -0.15) is 5.10 Å². The van der Waals surface area contributed by atoms with Gasteiger partial charge in [0, 0.05) is 30.1 Å². The molecule has 4 aromatic rings. The van der Waals surface area contributed by atoms with Gasteiger partial charge in [-0.15, -0.1) is 0 Å². The molecule has 3 aromatic carbocycles. The monoisotopic (exact) mass is 426 g/mol. The van der Waals surface area contributed by atoms with E-state index in [1.807, 2.05) is 54.6 Å². The van der Waals surface area contributed by atoms with Crippen LogP contribution in [0.25, 0.3) is 16.9 Å². The number of carbonyl (C=O) groups is 2. The third-order valence-corrected chi connectivity index (χ3v) is 4.98. The zero-order chi connectivity index (χ0) is 22.5. The minimum Gasteiger partial charge on any atom is -0.497 e. The van der Waals surface area contributed by atoms with Crippen molar-refractivity contribution in [3.8, 4) is 22.7 Å². The summed E-state index contributed by atoms with van der Waals surface area (Å²) < 4.78 is 6.92. The van der Waals surface area contributed by atoms with E-state index in [9.17, 15) is 9.59 Å². The van der Waals surface area contributed by atoms with Gasteiger partial charge >= 0.3 is 0 Å². The lowest BCUT2D eigenvalue weighted by atomic mass is 10.1. The van der Waals surface area contributed by atoms with Crippen molar-refractivity contribution in [2.45, 2.75) is 0 Å². The molecule has 0 saturated carbocycles. The number of nitrogens with zero attached hydrogens (tertiary/aromatic N) is 2. The number of anilines is 1. The van der Waals surface area contributed by atoms with Crippen LogP contribution in [0, 0.1) is 0 Å². The van der Waals surface area contributed by atoms with Crippen LogP contribution in [0.3, 0.4) is 0 Å². The quantitative estimate of drug-likeness (QED) is 0.485. The number of ether oxygens (including phenoxy) is 1. The van der Waals surface area contributed by atoms with Crippen molar-refractivity contribution < 1.29 is 14.3 Å². The van der Waals surface area contributed by atoms with Crippen molar-refractivity contribution in [3.05, 3.63) is 96.2 Å². The van der Waals surface area contributed by atoms with E-state index in [-0.39, 0.29) is 11.8 Å². The summed E-state index contributed by atoms with van der Waals surface area (Å²) >= 11 is 0. The predicted molar refractivity (Wildman–Crippen MR) is 123 cm³/mol. The normalized spacial score (nSPS) is 10.4. The topological polar surface area (TPSA) is 85.3 Å². The number of amides is 2. The number of nitrogens with one attached hydrogen (secondary N) is 2. The van der Waals surface area contributed by atoms with Crippen molar-refractivity contribution in [2.24, 2.45) is 0 Å². The number of hydrogen-bond acceptors (Lipinski definition) is 4. The summed E-state index contributed by atoms with van der Waals surface area (Å²) in [6.07, 6.45) is 1.71. The first-order valence-electron chi connectivity index (χ1n) is 10.0. The van der Waals surface area contributed by atoms with E-state index in [1.165, 1.54) is 0 Å². The molecule has 7 nitrogen and oxygen atoms in total. The fourth-order valence-electron chi connectivity index (χ4n) is 3.26. The van der Waals surface area contributed by atoms with Crippen molar-refractivity contribution in [3.63, 3.8) is 0 Å². The van der Waals surface area contributed by atoms with Gasteiger partial charge < -0.3 is 15.4 Å². The average molecular weight is 426 g/mol. The summed E-state index contributed by atoms with van der Waals surface area (Å²) in [6, 6.07) is 23.7. The number of methoxy groups -OCH3 is 1. The van der Waals surface area contributed by atoms with Crippen LogP contribution in [0.15, 0.2) is 85.1 Å². The summed E-state index contributed by atoms with van der Waals surface area (Å²) in [5.41, 5.74) is 3.71. The highest BCUT2D eigenvalue weighted by Crippen LogP contribution is 2.26. The highest BCUT2D eigenvalue weighted by molar-refractivity contribution is 6.08. The van der Waals surface area contributed by atoms with Crippen molar-refractivity contribution in [1.82, 2.24) is 15.1 Å². The standard InChI is InChI=1S/C25H22N4O3/c1-26-24(30)18-8-12-19(13-9-18)27-25(31)22-16-29(20-6-4-3-5-7-20)28-23(22)17-10-14-21(32-2)15-11-17/h3-16H,1-2H3,(H,26,30)(H,27,31). The molecule has 0 aliphatic carbocycles. The van der Waals surface area contributed by atoms with Crippen LogP contribution < -0.4 is 15.4 Å². The fourth-order valence-corrected chi connectivity index (χ4v) is 3.26. The van der Waals surface area contributed by atoms with Gasteiger partial charge in [-0.1, -0.05) is 18.2 Å². The van der Waals surface area contributed by atoms with Crippen molar-refractivity contribution >= 4 is 17.5 Å². The minimum absolute atomic E-state index is 0.186. The van der Waals surface area contributed by atoms with Crippen molar-refractivity contribution in [2.75, 3.05) is 19.5 Å². The molecule has 4 rings (SSSR count). The van der Waals surface area contributed by atoms with E-state index in [0.29, 0.717) is 22.5 Å². The Kier molecular flexibility index (Phi) is 5.98. The second-order valence-corrected chi connectivity index (χ2v) is 7.01. The van der Waals surface area contributed by atoms with Crippen LogP contribution in [-0.2, 0) is 0 Å². The predicted octanol–water partition coefficient (Wildman–Crippen LogP) is 4.16. The van der Waals surface area contributed by atoms with Crippen LogP contribution in [0.1, 0.15) is 20.7 Å². The second-order valence-electron chi connectivity index (χ2n) is 7.01. The molecular formula is C25H22N4O3. The molecule has 2 amide bonds. The SMILES string of the molecule is CNC(=O)c1ccc(NC(=O)c2cn(-c3ccccc3)nc2-c2ccc(OC)cc2)cc1. The number of rotatable bonds is 6. The fraction of sp³-hybridized carbons (Fsp3) is 0.0800. The van der Waals surface area contributed by atoms with Gasteiger partial charge in [0.15, 0.2) is 0 Å². The molecule has 0 bridgehead atoms. The number of carbonyl (C=O) groups excluding carboxylic acids is 2. The summed E-state index contributed by atoms with van der Waals surface area (Å²) in [7, 11) is 3.18. The van der Waals surface area contributed by atoms with E-state index in [0.717, 1.165) is 17.0 Å². The average Bonchev–Trinajstić information content (AvgIpc) is 3.30. The van der Waals surface area contributed by atoms with Gasteiger partial charge in [0.25, 0.3) is 11.8 Å². The molecule has 2 N–H and O–H groups in total. The maximum Gasteiger partial charge on any atom is 0.259 e. The first-order chi connectivity index (χ1) is 15.6. The van der Waals surface area contributed by atoms with Gasteiger partial charge in [0.05, 0.1) is 18.4 Å². The number of hydrogen-bond donors (Lipinski definition) is 2. The number of aromatic nitrogens is 2. The summed E-state index contributed by atoms with van der Waals surface area (Å²) in [6.45, 7) is 0. The Morgan fingerprint density at radius 1 is 0.875 bits per heavy atom. The number of benzene rings is 3. The van der Waals surface area contributed by atoms with Gasteiger partial charge in [-0.3, -0.25) is 9.59 Å². The molecular weight excluding hydrogens is 404 g/mol. The maximum atomic E-state index is 13.2. The second kappa shape index (κ2) is 9.18. The Bertz CT molecular complexity index is 1230. The first-order valence-corrected chi connectivity index (χ1v) is 10.0. The summed E-state index contributed by atoms with van der Waals surface area (Å²) in [4.78, 5) is 24.9. The molecule has 0 fully saturated rings. The molecule has 32 heavy (non-hydrogen) atoms. The molecule has 7 heteroatoms. The highest BCUT2D eigenvalue weighted by Gasteiger charge is 2.19. The van der Waals surface area contributed by atoms with Crippen LogP contribution in [0.4, 0.5) is 5.69 Å². The largest absolute Gasteiger partial charge is 0.497 e. The molecule has 160 valence electrons.